The fourth-order valence-electron chi connectivity index (χ4n) is 1.93. The van der Waals surface area contributed by atoms with Crippen molar-refractivity contribution in [3.63, 3.8) is 0 Å². The van der Waals surface area contributed by atoms with E-state index >= 15 is 0 Å². The highest BCUT2D eigenvalue weighted by Gasteiger charge is 2.42. The van der Waals surface area contributed by atoms with Gasteiger partial charge in [0.25, 0.3) is 0 Å². The molecule has 2 heterocycles. The van der Waals surface area contributed by atoms with Gasteiger partial charge < -0.3 is 26.4 Å². The third-order valence-electron chi connectivity index (χ3n) is 3.05. The highest BCUT2D eigenvalue weighted by Crippen LogP contribution is 2.26. The zero-order chi connectivity index (χ0) is 13.4. The van der Waals surface area contributed by atoms with Crippen LogP contribution in [-0.4, -0.2) is 44.6 Å². The maximum atomic E-state index is 11.7. The van der Waals surface area contributed by atoms with Crippen LogP contribution in [0.4, 0.5) is 5.82 Å². The van der Waals surface area contributed by atoms with Crippen molar-refractivity contribution in [3.05, 3.63) is 22.2 Å². The molecule has 0 aromatic carbocycles. The molecular formula is C10H16N4O4. The molecule has 4 unspecified atom stereocenters. The summed E-state index contributed by atoms with van der Waals surface area (Å²) in [5, 5.41) is 18.8. The third kappa shape index (κ3) is 1.99. The van der Waals surface area contributed by atoms with Crippen molar-refractivity contribution < 1.29 is 14.9 Å². The second-order valence-corrected chi connectivity index (χ2v) is 4.31. The Balaban J connectivity index is 2.39. The van der Waals surface area contributed by atoms with Crippen molar-refractivity contribution in [2.45, 2.75) is 31.4 Å². The Morgan fingerprint density at radius 1 is 1.61 bits per heavy atom. The molecule has 18 heavy (non-hydrogen) atoms. The van der Waals surface area contributed by atoms with E-state index in [4.69, 9.17) is 21.3 Å². The summed E-state index contributed by atoms with van der Waals surface area (Å²) in [6, 6.07) is -0.815. The monoisotopic (exact) mass is 256 g/mol. The number of hydrogen-bond donors (Lipinski definition) is 4. The van der Waals surface area contributed by atoms with Crippen LogP contribution in [0.1, 0.15) is 11.8 Å². The van der Waals surface area contributed by atoms with E-state index in [1.54, 1.807) is 6.92 Å². The molecule has 8 nitrogen and oxygen atoms in total. The lowest BCUT2D eigenvalue weighted by molar-refractivity contribution is -0.0464. The topological polar surface area (TPSA) is 137 Å². The van der Waals surface area contributed by atoms with Crippen LogP contribution in [0.5, 0.6) is 0 Å². The number of nitrogens with two attached hydrogens (primary N) is 2. The lowest BCUT2D eigenvalue weighted by atomic mass is 10.1. The molecule has 1 aliphatic rings. The van der Waals surface area contributed by atoms with Gasteiger partial charge in [-0.25, -0.2) is 4.79 Å². The van der Waals surface area contributed by atoms with E-state index in [0.29, 0.717) is 5.56 Å². The second-order valence-electron chi connectivity index (χ2n) is 4.31. The first-order valence-corrected chi connectivity index (χ1v) is 5.51. The average molecular weight is 256 g/mol. The number of aliphatic hydroxyl groups excluding tert-OH is 2. The summed E-state index contributed by atoms with van der Waals surface area (Å²) in [5.74, 6) is 0.141. The normalized spacial score (nSPS) is 31.8. The first-order valence-electron chi connectivity index (χ1n) is 5.51. The summed E-state index contributed by atoms with van der Waals surface area (Å²) in [7, 11) is 0. The zero-order valence-corrected chi connectivity index (χ0v) is 9.85. The molecule has 100 valence electrons. The Bertz CT molecular complexity index is 503. The number of nitrogens with zero attached hydrogens (tertiary/aromatic N) is 2. The molecule has 0 saturated carbocycles. The highest BCUT2D eigenvalue weighted by molar-refractivity contribution is 5.35. The van der Waals surface area contributed by atoms with Gasteiger partial charge in [0.15, 0.2) is 6.23 Å². The van der Waals surface area contributed by atoms with Gasteiger partial charge in [0.05, 0.1) is 12.6 Å². The number of hydrogen-bond acceptors (Lipinski definition) is 7. The molecule has 0 aliphatic carbocycles. The smallest absolute Gasteiger partial charge is 0.351 e. The van der Waals surface area contributed by atoms with Gasteiger partial charge in [-0.3, -0.25) is 4.57 Å². The van der Waals surface area contributed by atoms with Crippen LogP contribution in [-0.2, 0) is 4.74 Å². The summed E-state index contributed by atoms with van der Waals surface area (Å²) in [4.78, 5) is 15.4. The van der Waals surface area contributed by atoms with Gasteiger partial charge in [-0.05, 0) is 6.92 Å². The van der Waals surface area contributed by atoms with E-state index in [1.807, 2.05) is 0 Å². The average Bonchev–Trinajstić information content (AvgIpc) is 2.61. The Kier molecular flexibility index (Phi) is 3.35. The lowest BCUT2D eigenvalue weighted by Crippen LogP contribution is -2.42. The Labute approximate surface area is 103 Å². The van der Waals surface area contributed by atoms with Crippen molar-refractivity contribution in [2.75, 3.05) is 12.3 Å². The summed E-state index contributed by atoms with van der Waals surface area (Å²) in [6.07, 6.45) is -1.24. The maximum absolute atomic E-state index is 11.7. The van der Waals surface area contributed by atoms with Gasteiger partial charge in [-0.15, -0.1) is 0 Å². The van der Waals surface area contributed by atoms with Gasteiger partial charge in [0.2, 0.25) is 0 Å². The molecule has 0 spiro atoms. The summed E-state index contributed by atoms with van der Waals surface area (Å²) in [5.41, 5.74) is 11.3. The van der Waals surface area contributed by atoms with Crippen LogP contribution in [0.15, 0.2) is 11.0 Å². The van der Waals surface area contributed by atoms with Crippen molar-refractivity contribution in [3.8, 4) is 0 Å². The molecule has 6 N–H and O–H groups in total. The molecule has 0 radical (unpaired) electrons. The van der Waals surface area contributed by atoms with E-state index in [1.165, 1.54) is 10.8 Å². The number of ether oxygens (including phenoxy) is 1. The molecule has 0 amide bonds. The number of aromatic nitrogens is 2. The SMILES string of the molecule is Cc1cn(C2OC(CO)C(O)C2N)c(=O)nc1N. The summed E-state index contributed by atoms with van der Waals surface area (Å²) >= 11 is 0. The van der Waals surface area contributed by atoms with Crippen LogP contribution >= 0.6 is 0 Å². The molecule has 1 aromatic heterocycles. The van der Waals surface area contributed by atoms with Crippen molar-refractivity contribution in [1.29, 1.82) is 0 Å². The van der Waals surface area contributed by atoms with Crippen molar-refractivity contribution >= 4 is 5.82 Å². The van der Waals surface area contributed by atoms with Crippen molar-refractivity contribution in [2.24, 2.45) is 5.73 Å². The Morgan fingerprint density at radius 3 is 2.83 bits per heavy atom. The predicted octanol–water partition coefficient (Wildman–Crippen LogP) is -2.29. The minimum Gasteiger partial charge on any atom is -0.394 e. The fraction of sp³-hybridized carbons (Fsp3) is 0.600. The molecule has 2 rings (SSSR count). The minimum atomic E-state index is -1.04. The molecule has 1 aliphatic heterocycles. The molecular weight excluding hydrogens is 240 g/mol. The first-order chi connectivity index (χ1) is 8.45. The summed E-state index contributed by atoms with van der Waals surface area (Å²) < 4.78 is 6.53. The van der Waals surface area contributed by atoms with Crippen molar-refractivity contribution in [1.82, 2.24) is 9.55 Å². The fourth-order valence-corrected chi connectivity index (χ4v) is 1.93. The first kappa shape index (κ1) is 13.0. The van der Waals surface area contributed by atoms with Gasteiger partial charge >= 0.3 is 5.69 Å². The Morgan fingerprint density at radius 2 is 2.28 bits per heavy atom. The van der Waals surface area contributed by atoms with Crippen LogP contribution in [0.2, 0.25) is 0 Å². The zero-order valence-electron chi connectivity index (χ0n) is 9.85. The highest BCUT2D eigenvalue weighted by atomic mass is 16.5. The Hall–Kier alpha value is -1.48. The predicted molar refractivity (Wildman–Crippen MR) is 62.6 cm³/mol. The standard InChI is InChI=1S/C10H16N4O4/c1-4-2-14(10(17)13-8(4)12)9-6(11)7(16)5(3-15)18-9/h2,5-7,9,15-16H,3,11H2,1H3,(H2,12,13,17). The van der Waals surface area contributed by atoms with Crippen LogP contribution in [0, 0.1) is 6.92 Å². The third-order valence-corrected chi connectivity index (χ3v) is 3.05. The van der Waals surface area contributed by atoms with Gasteiger partial charge in [0, 0.05) is 11.8 Å². The second kappa shape index (κ2) is 4.65. The number of rotatable bonds is 2. The molecule has 1 aromatic rings. The summed E-state index contributed by atoms with van der Waals surface area (Å²) in [6.45, 7) is 1.32. The van der Waals surface area contributed by atoms with Crippen LogP contribution in [0.3, 0.4) is 0 Å². The van der Waals surface area contributed by atoms with Crippen LogP contribution in [0.25, 0.3) is 0 Å². The van der Waals surface area contributed by atoms with Gasteiger partial charge in [0.1, 0.15) is 18.0 Å². The maximum Gasteiger partial charge on any atom is 0.351 e. The van der Waals surface area contributed by atoms with E-state index < -0.39 is 30.2 Å². The van der Waals surface area contributed by atoms with Gasteiger partial charge in [-0.1, -0.05) is 0 Å². The number of anilines is 1. The molecule has 1 saturated heterocycles. The number of aliphatic hydroxyl groups is 2. The quantitative estimate of drug-likeness (QED) is 0.467. The van der Waals surface area contributed by atoms with E-state index in [2.05, 4.69) is 4.98 Å². The number of nitrogen functional groups attached to an aromatic ring is 1. The number of aryl methyl sites for hydroxylation is 1. The van der Waals surface area contributed by atoms with E-state index in [-0.39, 0.29) is 12.4 Å². The minimum absolute atomic E-state index is 0.141. The van der Waals surface area contributed by atoms with E-state index in [9.17, 15) is 9.90 Å². The molecule has 8 heteroatoms. The van der Waals surface area contributed by atoms with E-state index in [0.717, 1.165) is 0 Å². The molecule has 4 atom stereocenters. The largest absolute Gasteiger partial charge is 0.394 e. The molecule has 1 fully saturated rings. The lowest BCUT2D eigenvalue weighted by Gasteiger charge is -2.18. The van der Waals surface area contributed by atoms with Crippen LogP contribution < -0.4 is 17.2 Å². The molecule has 0 bridgehead atoms. The van der Waals surface area contributed by atoms with Gasteiger partial charge in [-0.2, -0.15) is 4.98 Å².